The largest absolute Gasteiger partial charge is 0.282 e. The maximum atomic E-state index is 11.7. The number of aromatic nitrogens is 2. The molecule has 96 valence electrons. The molecule has 0 bridgehead atoms. The van der Waals surface area contributed by atoms with Gasteiger partial charge in [0.05, 0.1) is 23.0 Å². The van der Waals surface area contributed by atoms with Gasteiger partial charge in [-0.25, -0.2) is 13.1 Å². The lowest BCUT2D eigenvalue weighted by Crippen LogP contribution is -2.27. The van der Waals surface area contributed by atoms with Gasteiger partial charge in [0.2, 0.25) is 0 Å². The summed E-state index contributed by atoms with van der Waals surface area (Å²) in [6.45, 7) is 1.88. The Morgan fingerprint density at radius 1 is 1.35 bits per heavy atom. The fourth-order valence-corrected chi connectivity index (χ4v) is 3.09. The molecule has 0 aliphatic carbocycles. The molecule has 0 fully saturated rings. The van der Waals surface area contributed by atoms with Gasteiger partial charge < -0.3 is 0 Å². The van der Waals surface area contributed by atoms with E-state index in [1.807, 2.05) is 0 Å². The zero-order valence-corrected chi connectivity index (χ0v) is 13.2. The minimum absolute atomic E-state index is 0.0676. The van der Waals surface area contributed by atoms with E-state index >= 15 is 0 Å². The second kappa shape index (κ2) is 6.10. The second-order valence-corrected chi connectivity index (χ2v) is 7.44. The van der Waals surface area contributed by atoms with Crippen LogP contribution in [0, 0.1) is 0 Å². The quantitative estimate of drug-likeness (QED) is 0.769. The van der Waals surface area contributed by atoms with Gasteiger partial charge in [-0.1, -0.05) is 6.92 Å². The minimum atomic E-state index is -3.10. The van der Waals surface area contributed by atoms with Crippen molar-refractivity contribution in [3.8, 4) is 0 Å². The molecule has 0 spiro atoms. The zero-order chi connectivity index (χ0) is 13.1. The average molecular weight is 388 g/mol. The summed E-state index contributed by atoms with van der Waals surface area (Å²) in [5.41, 5.74) is -0.342. The van der Waals surface area contributed by atoms with Crippen molar-refractivity contribution in [1.29, 1.82) is 0 Å². The summed E-state index contributed by atoms with van der Waals surface area (Å²) < 4.78 is 25.0. The summed E-state index contributed by atoms with van der Waals surface area (Å²) in [4.78, 5) is 11.7. The molecule has 0 radical (unpaired) electrons. The van der Waals surface area contributed by atoms with Crippen LogP contribution in [0.2, 0.25) is 0 Å². The second-order valence-electron chi connectivity index (χ2n) is 3.49. The molecule has 0 amide bonds. The lowest BCUT2D eigenvalue weighted by Gasteiger charge is -2.06. The summed E-state index contributed by atoms with van der Waals surface area (Å²) in [5.74, 6) is 0.0707. The van der Waals surface area contributed by atoms with Crippen molar-refractivity contribution in [2.24, 2.45) is 0 Å². The van der Waals surface area contributed by atoms with Gasteiger partial charge in [0.1, 0.15) is 4.47 Å². The van der Waals surface area contributed by atoms with Gasteiger partial charge in [0, 0.05) is 5.75 Å². The van der Waals surface area contributed by atoms with Crippen LogP contribution in [0.5, 0.6) is 0 Å². The van der Waals surface area contributed by atoms with E-state index in [0.717, 1.165) is 4.68 Å². The number of nitrogens with zero attached hydrogens (tertiary/aromatic N) is 2. The summed E-state index contributed by atoms with van der Waals surface area (Å²) in [5, 5.41) is 3.86. The third-order valence-electron chi connectivity index (χ3n) is 2.07. The highest BCUT2D eigenvalue weighted by molar-refractivity contribution is 9.13. The lowest BCUT2D eigenvalue weighted by molar-refractivity contribution is 0.568. The van der Waals surface area contributed by atoms with Crippen LogP contribution >= 0.6 is 31.9 Å². The minimum Gasteiger partial charge on any atom is -0.266 e. The van der Waals surface area contributed by atoms with Gasteiger partial charge in [0.15, 0.2) is 9.84 Å². The summed E-state index contributed by atoms with van der Waals surface area (Å²) >= 11 is 6.27. The Labute approximate surface area is 116 Å². The van der Waals surface area contributed by atoms with Crippen LogP contribution in [0.15, 0.2) is 19.9 Å². The molecular weight excluding hydrogens is 376 g/mol. The molecule has 0 unspecified atom stereocenters. The van der Waals surface area contributed by atoms with E-state index in [0.29, 0.717) is 15.4 Å². The molecule has 0 aliphatic rings. The van der Waals surface area contributed by atoms with E-state index in [2.05, 4.69) is 37.0 Å². The first kappa shape index (κ1) is 14.8. The molecule has 17 heavy (non-hydrogen) atoms. The summed E-state index contributed by atoms with van der Waals surface area (Å²) in [6.07, 6.45) is 2.03. The predicted octanol–water partition coefficient (Wildman–Crippen LogP) is 1.59. The molecule has 0 saturated carbocycles. The Morgan fingerprint density at radius 2 is 2.00 bits per heavy atom. The number of hydrogen-bond donors (Lipinski definition) is 0. The number of halogens is 2. The van der Waals surface area contributed by atoms with Crippen LogP contribution < -0.4 is 5.56 Å². The molecule has 0 aliphatic heterocycles. The van der Waals surface area contributed by atoms with Crippen molar-refractivity contribution >= 4 is 41.7 Å². The van der Waals surface area contributed by atoms with E-state index < -0.39 is 9.84 Å². The maximum absolute atomic E-state index is 11.7. The van der Waals surface area contributed by atoms with Crippen molar-refractivity contribution < 1.29 is 8.42 Å². The Balaban J connectivity index is 2.85. The Bertz CT molecular complexity index is 554. The number of aryl methyl sites for hydroxylation is 1. The first-order valence-electron chi connectivity index (χ1n) is 4.99. The number of hydrogen-bond acceptors (Lipinski definition) is 4. The van der Waals surface area contributed by atoms with Crippen LogP contribution in [0.25, 0.3) is 0 Å². The SMILES string of the molecule is CCCS(=O)(=O)CCn1ncc(Br)c(Br)c1=O. The maximum Gasteiger partial charge on any atom is 0.282 e. The van der Waals surface area contributed by atoms with Crippen LogP contribution in [0.3, 0.4) is 0 Å². The van der Waals surface area contributed by atoms with Crippen LogP contribution in [-0.4, -0.2) is 29.7 Å². The standard InChI is InChI=1S/C9H12Br2N2O3S/c1-2-4-17(15,16)5-3-13-9(14)8(11)7(10)6-12-13/h6H,2-5H2,1H3. The molecule has 8 heteroatoms. The molecule has 1 rings (SSSR count). The Kier molecular flexibility index (Phi) is 5.33. The van der Waals surface area contributed by atoms with Gasteiger partial charge in [-0.2, -0.15) is 5.10 Å². The van der Waals surface area contributed by atoms with Crippen molar-refractivity contribution in [1.82, 2.24) is 9.78 Å². The van der Waals surface area contributed by atoms with Gasteiger partial charge in [-0.15, -0.1) is 0 Å². The molecule has 5 nitrogen and oxygen atoms in total. The smallest absolute Gasteiger partial charge is 0.266 e. The third kappa shape index (κ3) is 4.18. The predicted molar refractivity (Wildman–Crippen MR) is 72.8 cm³/mol. The van der Waals surface area contributed by atoms with Crippen molar-refractivity contribution in [2.45, 2.75) is 19.9 Å². The fourth-order valence-electron chi connectivity index (χ4n) is 1.24. The lowest BCUT2D eigenvalue weighted by atomic mass is 10.5. The van der Waals surface area contributed by atoms with Crippen LogP contribution in [-0.2, 0) is 16.4 Å². The molecule has 0 N–H and O–H groups in total. The van der Waals surface area contributed by atoms with Gasteiger partial charge >= 0.3 is 0 Å². The van der Waals surface area contributed by atoms with E-state index in [9.17, 15) is 13.2 Å². The molecule has 0 saturated heterocycles. The number of sulfone groups is 1. The normalized spacial score (nSPS) is 11.7. The van der Waals surface area contributed by atoms with Crippen molar-refractivity contribution in [3.05, 3.63) is 25.5 Å². The molecule has 1 heterocycles. The van der Waals surface area contributed by atoms with E-state index in [4.69, 9.17) is 0 Å². The Morgan fingerprint density at radius 3 is 2.59 bits per heavy atom. The highest BCUT2D eigenvalue weighted by Crippen LogP contribution is 2.16. The summed E-state index contributed by atoms with van der Waals surface area (Å²) in [7, 11) is -3.10. The van der Waals surface area contributed by atoms with Crippen LogP contribution in [0.4, 0.5) is 0 Å². The summed E-state index contributed by atoms with van der Waals surface area (Å²) in [6, 6.07) is 0. The fraction of sp³-hybridized carbons (Fsp3) is 0.556. The zero-order valence-electron chi connectivity index (χ0n) is 9.19. The van der Waals surface area contributed by atoms with Gasteiger partial charge in [0.25, 0.3) is 5.56 Å². The highest BCUT2D eigenvalue weighted by Gasteiger charge is 2.12. The topological polar surface area (TPSA) is 69.0 Å². The molecule has 0 aromatic carbocycles. The van der Waals surface area contributed by atoms with E-state index in [1.165, 1.54) is 6.20 Å². The molecule has 1 aromatic rings. The average Bonchev–Trinajstić information content (AvgIpc) is 2.25. The molecule has 1 aromatic heterocycles. The molecular formula is C9H12Br2N2O3S. The highest BCUT2D eigenvalue weighted by atomic mass is 79.9. The first-order valence-corrected chi connectivity index (χ1v) is 8.39. The third-order valence-corrected chi connectivity index (χ3v) is 5.81. The molecule has 0 atom stereocenters. The van der Waals surface area contributed by atoms with Crippen LogP contribution in [0.1, 0.15) is 13.3 Å². The van der Waals surface area contributed by atoms with Crippen molar-refractivity contribution in [2.75, 3.05) is 11.5 Å². The Hall–Kier alpha value is -0.210. The van der Waals surface area contributed by atoms with E-state index in [-0.39, 0.29) is 23.6 Å². The van der Waals surface area contributed by atoms with Gasteiger partial charge in [-0.3, -0.25) is 4.79 Å². The van der Waals surface area contributed by atoms with Crippen molar-refractivity contribution in [3.63, 3.8) is 0 Å². The van der Waals surface area contributed by atoms with Gasteiger partial charge in [-0.05, 0) is 38.3 Å². The first-order chi connectivity index (χ1) is 7.87. The monoisotopic (exact) mass is 386 g/mol. The van der Waals surface area contributed by atoms with E-state index in [1.54, 1.807) is 6.92 Å². The number of rotatable bonds is 5.